The van der Waals surface area contributed by atoms with Crippen LogP contribution < -0.4 is 4.18 Å². The van der Waals surface area contributed by atoms with Crippen LogP contribution in [0.1, 0.15) is 10.4 Å². The maximum atomic E-state index is 11.9. The number of carbonyl (C=O) groups excluding carboxylic acids is 1. The SMILES string of the molecule is O=Cc1ccc(OS(=O)(=O)C(F)(F)F)cc1. The van der Waals surface area contributed by atoms with Crippen molar-refractivity contribution in [3.05, 3.63) is 29.8 Å². The number of alkyl halides is 3. The second kappa shape index (κ2) is 4.12. The Hall–Kier alpha value is -1.57. The molecule has 0 spiro atoms. The lowest BCUT2D eigenvalue weighted by atomic mass is 10.2. The normalized spacial score (nSPS) is 12.2. The van der Waals surface area contributed by atoms with Crippen molar-refractivity contribution in [1.29, 1.82) is 0 Å². The molecule has 0 N–H and O–H groups in total. The molecule has 88 valence electrons. The van der Waals surface area contributed by atoms with Crippen molar-refractivity contribution in [2.75, 3.05) is 0 Å². The number of hydrogen-bond donors (Lipinski definition) is 0. The molecule has 0 saturated carbocycles. The van der Waals surface area contributed by atoms with Gasteiger partial charge in [0.05, 0.1) is 0 Å². The molecule has 0 atom stereocenters. The Kier molecular flexibility index (Phi) is 3.22. The molecule has 0 heterocycles. The molecule has 0 fully saturated rings. The van der Waals surface area contributed by atoms with E-state index in [1.165, 1.54) is 0 Å². The van der Waals surface area contributed by atoms with E-state index >= 15 is 0 Å². The van der Waals surface area contributed by atoms with Gasteiger partial charge in [-0.25, -0.2) is 0 Å². The highest BCUT2D eigenvalue weighted by Crippen LogP contribution is 2.26. The standard InChI is InChI=1S/C8H5F3O4S/c9-8(10,11)16(13,14)15-7-3-1-6(5-12)2-4-7/h1-5H. The van der Waals surface area contributed by atoms with E-state index in [0.717, 1.165) is 24.3 Å². The van der Waals surface area contributed by atoms with Gasteiger partial charge in [-0.2, -0.15) is 21.6 Å². The summed E-state index contributed by atoms with van der Waals surface area (Å²) in [5, 5.41) is 0. The molecule has 0 aliphatic carbocycles. The Morgan fingerprint density at radius 1 is 1.12 bits per heavy atom. The highest BCUT2D eigenvalue weighted by molar-refractivity contribution is 7.87. The number of benzene rings is 1. The molecular formula is C8H5F3O4S. The van der Waals surface area contributed by atoms with E-state index in [9.17, 15) is 26.4 Å². The van der Waals surface area contributed by atoms with Crippen molar-refractivity contribution in [1.82, 2.24) is 0 Å². The van der Waals surface area contributed by atoms with Crippen LogP contribution in [-0.4, -0.2) is 20.2 Å². The minimum atomic E-state index is -5.66. The number of hydrogen-bond acceptors (Lipinski definition) is 4. The Balaban J connectivity index is 2.93. The van der Waals surface area contributed by atoms with Crippen molar-refractivity contribution in [3.63, 3.8) is 0 Å². The summed E-state index contributed by atoms with van der Waals surface area (Å²) >= 11 is 0. The van der Waals surface area contributed by atoms with Gasteiger partial charge < -0.3 is 4.18 Å². The first-order valence-corrected chi connectivity index (χ1v) is 5.23. The van der Waals surface area contributed by atoms with Gasteiger partial charge >= 0.3 is 15.6 Å². The fourth-order valence-electron chi connectivity index (χ4n) is 0.776. The van der Waals surface area contributed by atoms with Crippen molar-refractivity contribution >= 4 is 16.4 Å². The van der Waals surface area contributed by atoms with Crippen LogP contribution in [0.15, 0.2) is 24.3 Å². The average molecular weight is 254 g/mol. The summed E-state index contributed by atoms with van der Waals surface area (Å²) in [4.78, 5) is 10.2. The molecule has 0 aliphatic heterocycles. The molecule has 1 rings (SSSR count). The predicted octanol–water partition coefficient (Wildman–Crippen LogP) is 1.73. The zero-order valence-electron chi connectivity index (χ0n) is 7.56. The van der Waals surface area contributed by atoms with Crippen molar-refractivity contribution < 1.29 is 30.6 Å². The molecule has 8 heteroatoms. The lowest BCUT2D eigenvalue weighted by molar-refractivity contribution is -0.0500. The van der Waals surface area contributed by atoms with Crippen LogP contribution in [0.25, 0.3) is 0 Å². The summed E-state index contributed by atoms with van der Waals surface area (Å²) in [6, 6.07) is 4.17. The lowest BCUT2D eigenvalue weighted by Gasteiger charge is -2.08. The van der Waals surface area contributed by atoms with Crippen LogP contribution in [0.4, 0.5) is 13.2 Å². The summed E-state index contributed by atoms with van der Waals surface area (Å²) < 4.78 is 60.6. The Bertz CT molecular complexity index is 475. The average Bonchev–Trinajstić information content (AvgIpc) is 2.16. The zero-order chi connectivity index (χ0) is 12.4. The first kappa shape index (κ1) is 12.5. The summed E-state index contributed by atoms with van der Waals surface area (Å²) in [5.74, 6) is -0.511. The molecule has 0 amide bonds. The maximum absolute atomic E-state index is 11.9. The molecule has 1 aromatic rings. The molecule has 1 aromatic carbocycles. The molecule has 0 aliphatic rings. The summed E-state index contributed by atoms with van der Waals surface area (Å²) in [5.41, 5.74) is -5.28. The minimum absolute atomic E-state index is 0.191. The highest BCUT2D eigenvalue weighted by atomic mass is 32.2. The second-order valence-corrected chi connectivity index (χ2v) is 4.21. The quantitative estimate of drug-likeness (QED) is 0.468. The van der Waals surface area contributed by atoms with Gasteiger partial charge in [-0.3, -0.25) is 4.79 Å². The third-order valence-electron chi connectivity index (χ3n) is 1.51. The van der Waals surface area contributed by atoms with E-state index in [2.05, 4.69) is 4.18 Å². The van der Waals surface area contributed by atoms with E-state index in [4.69, 9.17) is 0 Å². The molecule has 4 nitrogen and oxygen atoms in total. The predicted molar refractivity (Wildman–Crippen MR) is 47.4 cm³/mol. The fourth-order valence-corrected chi connectivity index (χ4v) is 1.23. The number of rotatable bonds is 3. The summed E-state index contributed by atoms with van der Waals surface area (Å²) in [7, 11) is -5.66. The molecule has 0 unspecified atom stereocenters. The Morgan fingerprint density at radius 3 is 2.00 bits per heavy atom. The van der Waals surface area contributed by atoms with Gasteiger partial charge in [0, 0.05) is 5.56 Å². The van der Waals surface area contributed by atoms with Crippen LogP contribution >= 0.6 is 0 Å². The van der Waals surface area contributed by atoms with E-state index in [1.54, 1.807) is 0 Å². The Morgan fingerprint density at radius 2 is 1.62 bits per heavy atom. The van der Waals surface area contributed by atoms with E-state index in [0.29, 0.717) is 6.29 Å². The zero-order valence-corrected chi connectivity index (χ0v) is 8.38. The van der Waals surface area contributed by atoms with Crippen LogP contribution in [-0.2, 0) is 10.1 Å². The van der Waals surface area contributed by atoms with Gasteiger partial charge in [0.15, 0.2) is 0 Å². The highest BCUT2D eigenvalue weighted by Gasteiger charge is 2.48. The molecule has 0 bridgehead atoms. The monoisotopic (exact) mass is 254 g/mol. The smallest absolute Gasteiger partial charge is 0.376 e. The lowest BCUT2D eigenvalue weighted by Crippen LogP contribution is -2.28. The van der Waals surface area contributed by atoms with E-state index in [1.807, 2.05) is 0 Å². The first-order chi connectivity index (χ1) is 7.26. The third-order valence-corrected chi connectivity index (χ3v) is 2.48. The minimum Gasteiger partial charge on any atom is -0.376 e. The van der Waals surface area contributed by atoms with Gasteiger partial charge in [-0.05, 0) is 24.3 Å². The summed E-state index contributed by atoms with van der Waals surface area (Å²) in [6.07, 6.45) is 0.460. The molecular weight excluding hydrogens is 249 g/mol. The maximum Gasteiger partial charge on any atom is 0.534 e. The van der Waals surface area contributed by atoms with Crippen LogP contribution in [0, 0.1) is 0 Å². The number of aldehydes is 1. The topological polar surface area (TPSA) is 60.4 Å². The molecule has 16 heavy (non-hydrogen) atoms. The van der Waals surface area contributed by atoms with Gasteiger partial charge in [-0.15, -0.1) is 0 Å². The largest absolute Gasteiger partial charge is 0.534 e. The first-order valence-electron chi connectivity index (χ1n) is 3.82. The van der Waals surface area contributed by atoms with Crippen molar-refractivity contribution in [2.45, 2.75) is 5.51 Å². The van der Waals surface area contributed by atoms with Crippen molar-refractivity contribution in [2.24, 2.45) is 0 Å². The molecule has 0 aromatic heterocycles. The van der Waals surface area contributed by atoms with Gasteiger partial charge in [-0.1, -0.05) is 0 Å². The van der Waals surface area contributed by atoms with E-state index in [-0.39, 0.29) is 5.56 Å². The van der Waals surface area contributed by atoms with Gasteiger partial charge in [0.25, 0.3) is 0 Å². The van der Waals surface area contributed by atoms with E-state index < -0.39 is 21.4 Å². The number of halogens is 3. The van der Waals surface area contributed by atoms with Crippen LogP contribution in [0.3, 0.4) is 0 Å². The Labute approximate surface area is 88.8 Å². The van der Waals surface area contributed by atoms with Gasteiger partial charge in [0.1, 0.15) is 12.0 Å². The summed E-state index contributed by atoms with van der Waals surface area (Å²) in [6.45, 7) is 0. The van der Waals surface area contributed by atoms with Gasteiger partial charge in [0.2, 0.25) is 0 Å². The van der Waals surface area contributed by atoms with Crippen LogP contribution in [0.5, 0.6) is 5.75 Å². The fraction of sp³-hybridized carbons (Fsp3) is 0.125. The second-order valence-electron chi connectivity index (χ2n) is 2.67. The molecule has 0 radical (unpaired) electrons. The van der Waals surface area contributed by atoms with Crippen molar-refractivity contribution in [3.8, 4) is 5.75 Å². The third kappa shape index (κ3) is 2.72. The van der Waals surface area contributed by atoms with Crippen LogP contribution in [0.2, 0.25) is 0 Å². The molecule has 0 saturated heterocycles. The number of carbonyl (C=O) groups is 1.